The minimum absolute atomic E-state index is 0.0972. The minimum atomic E-state index is -0.622. The van der Waals surface area contributed by atoms with Crippen LogP contribution in [0.15, 0.2) is 60.2 Å². The molecule has 0 spiro atoms. The third-order valence-corrected chi connectivity index (χ3v) is 5.75. The van der Waals surface area contributed by atoms with Crippen molar-refractivity contribution >= 4 is 23.5 Å². The summed E-state index contributed by atoms with van der Waals surface area (Å²) >= 11 is 0. The zero-order chi connectivity index (χ0) is 29.0. The van der Waals surface area contributed by atoms with E-state index in [1.54, 1.807) is 0 Å². The fourth-order valence-corrected chi connectivity index (χ4v) is 3.70. The van der Waals surface area contributed by atoms with E-state index in [0.29, 0.717) is 19.4 Å². The Kier molecular flexibility index (Phi) is 16.2. The number of hydroxylamine groups is 1. The van der Waals surface area contributed by atoms with Crippen LogP contribution < -0.4 is 16.1 Å². The lowest BCUT2D eigenvalue weighted by atomic mass is 9.93. The first kappa shape index (κ1) is 33.1. The summed E-state index contributed by atoms with van der Waals surface area (Å²) in [5.74, 6) is 0.978. The summed E-state index contributed by atoms with van der Waals surface area (Å²) in [4.78, 5) is 47.0. The number of nitrogens with one attached hydrogen (secondary N) is 3. The summed E-state index contributed by atoms with van der Waals surface area (Å²) in [5.41, 5.74) is 4.22. The summed E-state index contributed by atoms with van der Waals surface area (Å²) in [5, 5.41) is 13.8. The van der Waals surface area contributed by atoms with Crippen LogP contribution >= 0.6 is 0 Å². The summed E-state index contributed by atoms with van der Waals surface area (Å²) < 4.78 is 0. The van der Waals surface area contributed by atoms with Crippen molar-refractivity contribution in [3.05, 3.63) is 71.3 Å². The maximum Gasteiger partial charge on any atom is 0.244 e. The Morgan fingerprint density at radius 3 is 2.38 bits per heavy atom. The summed E-state index contributed by atoms with van der Waals surface area (Å²) in [6, 6.07) is 7.69. The summed E-state index contributed by atoms with van der Waals surface area (Å²) in [6.45, 7) is 6.26. The van der Waals surface area contributed by atoms with Crippen molar-refractivity contribution in [2.24, 2.45) is 11.8 Å². The molecule has 1 atom stereocenters. The lowest BCUT2D eigenvalue weighted by Crippen LogP contribution is -2.41. The van der Waals surface area contributed by atoms with Gasteiger partial charge < -0.3 is 10.6 Å². The molecule has 39 heavy (non-hydrogen) atoms. The Bertz CT molecular complexity index is 1080. The molecule has 0 saturated carbocycles. The van der Waals surface area contributed by atoms with Gasteiger partial charge in [0.25, 0.3) is 0 Å². The number of benzene rings is 1. The Balaban J connectivity index is 0.000000412. The van der Waals surface area contributed by atoms with Gasteiger partial charge in [0.2, 0.25) is 17.7 Å². The zero-order valence-corrected chi connectivity index (χ0v) is 23.2. The molecule has 1 aromatic carbocycles. The van der Waals surface area contributed by atoms with Gasteiger partial charge in [0.1, 0.15) is 0 Å². The molecule has 1 aromatic rings. The summed E-state index contributed by atoms with van der Waals surface area (Å²) in [7, 11) is 0. The first-order chi connectivity index (χ1) is 18.7. The van der Waals surface area contributed by atoms with Crippen molar-refractivity contribution in [1.82, 2.24) is 16.1 Å². The van der Waals surface area contributed by atoms with E-state index in [0.717, 1.165) is 30.4 Å². The second-order valence-corrected chi connectivity index (χ2v) is 9.67. The molecule has 2 rings (SSSR count). The highest BCUT2D eigenvalue weighted by Crippen LogP contribution is 2.16. The van der Waals surface area contributed by atoms with Crippen LogP contribution in [0.25, 0.3) is 0 Å². The lowest BCUT2D eigenvalue weighted by molar-refractivity contribution is -0.135. The highest BCUT2D eigenvalue weighted by atomic mass is 16.5. The quantitative estimate of drug-likeness (QED) is 0.0991. The third-order valence-electron chi connectivity index (χ3n) is 5.75. The minimum Gasteiger partial charge on any atom is -0.355 e. The standard InChI is InChI=1S/C16H27N3O4.C15H14O/c1-4-5-6-7-8-17-15(21)11-18-16(22)13(9-12(2)3)10-14(20)19-23;1-12-8-10-14(11-9-12)15(16)13-6-4-2-3-5-7-13/h1,12-13,23H,5-11H2,2-3H3,(H,17,21)(H,18,22)(H,19,20);2-4,6-11H,5H2,1H3. The molecule has 1 aliphatic carbocycles. The van der Waals surface area contributed by atoms with E-state index in [-0.39, 0.29) is 36.5 Å². The van der Waals surface area contributed by atoms with Crippen LogP contribution in [0.1, 0.15) is 68.3 Å². The second-order valence-electron chi connectivity index (χ2n) is 9.67. The largest absolute Gasteiger partial charge is 0.355 e. The third kappa shape index (κ3) is 14.5. The van der Waals surface area contributed by atoms with Crippen LogP contribution in [0, 0.1) is 31.1 Å². The number of hydrogen-bond acceptors (Lipinski definition) is 5. The van der Waals surface area contributed by atoms with Crippen molar-refractivity contribution < 1.29 is 24.4 Å². The molecule has 0 bridgehead atoms. The van der Waals surface area contributed by atoms with Gasteiger partial charge in [0.05, 0.1) is 6.54 Å². The van der Waals surface area contributed by atoms with Gasteiger partial charge >= 0.3 is 0 Å². The number of unbranched alkanes of at least 4 members (excludes halogenated alkanes) is 2. The van der Waals surface area contributed by atoms with Gasteiger partial charge in [-0.25, -0.2) is 5.48 Å². The van der Waals surface area contributed by atoms with E-state index in [1.165, 1.54) is 11.0 Å². The van der Waals surface area contributed by atoms with E-state index < -0.39 is 11.8 Å². The summed E-state index contributed by atoms with van der Waals surface area (Å²) in [6.07, 6.45) is 18.4. The number of hydrogen-bond donors (Lipinski definition) is 4. The highest BCUT2D eigenvalue weighted by molar-refractivity contribution is 6.10. The molecule has 0 heterocycles. The first-order valence-electron chi connectivity index (χ1n) is 13.2. The van der Waals surface area contributed by atoms with Gasteiger partial charge in [-0.1, -0.05) is 74.1 Å². The predicted molar refractivity (Wildman–Crippen MR) is 153 cm³/mol. The Labute approximate surface area is 232 Å². The van der Waals surface area contributed by atoms with Gasteiger partial charge in [-0.2, -0.15) is 0 Å². The molecule has 0 aliphatic heterocycles. The van der Waals surface area contributed by atoms with Crippen molar-refractivity contribution in [3.63, 3.8) is 0 Å². The fourth-order valence-electron chi connectivity index (χ4n) is 3.70. The maximum absolute atomic E-state index is 12.1. The molecule has 1 aliphatic rings. The molecular weight excluding hydrogens is 494 g/mol. The monoisotopic (exact) mass is 535 g/mol. The number of Topliss-reactive ketones (excluding diaryl/α,β-unsaturated/α-hetero) is 1. The van der Waals surface area contributed by atoms with Crippen LogP contribution in [0.4, 0.5) is 0 Å². The number of terminal acetylenes is 1. The van der Waals surface area contributed by atoms with Gasteiger partial charge in [-0.05, 0) is 38.5 Å². The van der Waals surface area contributed by atoms with Crippen LogP contribution in [-0.4, -0.2) is 41.8 Å². The number of carbonyl (C=O) groups excluding carboxylic acids is 4. The zero-order valence-electron chi connectivity index (χ0n) is 23.2. The van der Waals surface area contributed by atoms with Crippen LogP contribution in [-0.2, 0) is 14.4 Å². The fraction of sp³-hybridized carbons (Fsp3) is 0.419. The Morgan fingerprint density at radius 1 is 1.03 bits per heavy atom. The number of amides is 3. The molecule has 0 saturated heterocycles. The Morgan fingerprint density at radius 2 is 1.74 bits per heavy atom. The van der Waals surface area contributed by atoms with Gasteiger partial charge in [-0.3, -0.25) is 24.4 Å². The second kappa shape index (κ2) is 19.2. The van der Waals surface area contributed by atoms with Crippen molar-refractivity contribution in [2.45, 2.75) is 59.3 Å². The lowest BCUT2D eigenvalue weighted by Gasteiger charge is -2.17. The molecule has 210 valence electrons. The number of rotatable bonds is 13. The molecular formula is C31H41N3O5. The van der Waals surface area contributed by atoms with Crippen molar-refractivity contribution in [1.29, 1.82) is 0 Å². The molecule has 3 amide bonds. The van der Waals surface area contributed by atoms with E-state index in [1.807, 2.05) is 75.4 Å². The molecule has 0 aromatic heterocycles. The molecule has 4 N–H and O–H groups in total. The first-order valence-corrected chi connectivity index (χ1v) is 13.2. The number of aryl methyl sites for hydroxylation is 1. The topological polar surface area (TPSA) is 125 Å². The van der Waals surface area contributed by atoms with Crippen LogP contribution in [0.5, 0.6) is 0 Å². The van der Waals surface area contributed by atoms with Gasteiger partial charge in [-0.15, -0.1) is 12.3 Å². The number of carbonyl (C=O) groups is 4. The number of ketones is 1. The molecule has 1 unspecified atom stereocenters. The highest BCUT2D eigenvalue weighted by Gasteiger charge is 2.23. The van der Waals surface area contributed by atoms with Crippen LogP contribution in [0.2, 0.25) is 0 Å². The molecule has 0 fully saturated rings. The molecule has 8 heteroatoms. The average Bonchev–Trinajstić information content (AvgIpc) is 3.21. The van der Waals surface area contributed by atoms with E-state index in [4.69, 9.17) is 11.6 Å². The van der Waals surface area contributed by atoms with Crippen molar-refractivity contribution in [3.8, 4) is 12.3 Å². The smallest absolute Gasteiger partial charge is 0.244 e. The molecule has 8 nitrogen and oxygen atoms in total. The molecule has 0 radical (unpaired) electrons. The van der Waals surface area contributed by atoms with Crippen LogP contribution in [0.3, 0.4) is 0 Å². The van der Waals surface area contributed by atoms with Gasteiger partial charge in [0, 0.05) is 36.4 Å². The van der Waals surface area contributed by atoms with E-state index in [2.05, 4.69) is 16.6 Å². The predicted octanol–water partition coefficient (Wildman–Crippen LogP) is 4.20. The Hall–Kier alpha value is -3.96. The van der Waals surface area contributed by atoms with Gasteiger partial charge in [0.15, 0.2) is 5.78 Å². The maximum atomic E-state index is 12.1. The SMILES string of the molecule is C#CCCCCNC(=O)CNC(=O)C(CC(=O)NO)CC(C)C.Cc1ccc(C(=O)C2=CCC=CC=C2)cc1. The normalized spacial score (nSPS) is 12.7. The average molecular weight is 536 g/mol. The number of allylic oxidation sites excluding steroid dienone is 6. The van der Waals surface area contributed by atoms with E-state index in [9.17, 15) is 19.2 Å². The van der Waals surface area contributed by atoms with Crippen molar-refractivity contribution in [2.75, 3.05) is 13.1 Å². The van der Waals surface area contributed by atoms with E-state index >= 15 is 0 Å².